The largest absolute Gasteiger partial charge is 0.508 e. The van der Waals surface area contributed by atoms with Gasteiger partial charge in [0.15, 0.2) is 0 Å². The van der Waals surface area contributed by atoms with Crippen LogP contribution in [0, 0.1) is 13.8 Å². The van der Waals surface area contributed by atoms with Crippen molar-refractivity contribution in [2.75, 3.05) is 26.2 Å². The second-order valence-electron chi connectivity index (χ2n) is 13.5. The Morgan fingerprint density at radius 1 is 0.569 bits per heavy atom. The average molecular weight is 753 g/mol. The number of hydrogen-bond donors (Lipinski definition) is 3. The van der Waals surface area contributed by atoms with E-state index in [1.807, 2.05) is 49.2 Å². The lowest BCUT2D eigenvalue weighted by Gasteiger charge is -2.15. The Labute approximate surface area is 303 Å². The molecular formula is C39H38BrN5O6. The van der Waals surface area contributed by atoms with Crippen LogP contribution in [0.25, 0.3) is 43.6 Å². The highest BCUT2D eigenvalue weighted by Gasteiger charge is 2.39. The van der Waals surface area contributed by atoms with E-state index in [-0.39, 0.29) is 58.7 Å². The van der Waals surface area contributed by atoms with Crippen LogP contribution < -0.4 is 5.32 Å². The normalized spacial score (nSPS) is 14.2. The molecule has 8 rings (SSSR count). The van der Waals surface area contributed by atoms with Crippen LogP contribution in [-0.2, 0) is 14.1 Å². The van der Waals surface area contributed by atoms with E-state index in [0.29, 0.717) is 54.7 Å². The number of rotatable bonds is 9. The van der Waals surface area contributed by atoms with E-state index in [2.05, 4.69) is 5.32 Å². The van der Waals surface area contributed by atoms with Crippen LogP contribution in [-0.4, -0.2) is 79.0 Å². The fourth-order valence-corrected chi connectivity index (χ4v) is 8.24. The lowest BCUT2D eigenvalue weighted by Crippen LogP contribution is -2.33. The van der Waals surface area contributed by atoms with Gasteiger partial charge in [-0.15, -0.1) is 17.0 Å². The average Bonchev–Trinajstić information content (AvgIpc) is 3.70. The number of halogens is 1. The number of aromatic hydroxyl groups is 2. The molecule has 4 aromatic carbocycles. The van der Waals surface area contributed by atoms with Gasteiger partial charge in [-0.25, -0.2) is 0 Å². The van der Waals surface area contributed by atoms with Gasteiger partial charge < -0.3 is 24.7 Å². The molecule has 2 aliphatic rings. The number of carbonyl (C=O) groups excluding carboxylic acids is 4. The molecule has 11 nitrogen and oxygen atoms in total. The number of nitrogens with one attached hydrogen (secondary N) is 1. The zero-order valence-corrected chi connectivity index (χ0v) is 30.5. The van der Waals surface area contributed by atoms with Gasteiger partial charge in [-0.2, -0.15) is 0 Å². The van der Waals surface area contributed by atoms with Gasteiger partial charge in [-0.3, -0.25) is 29.0 Å². The maximum Gasteiger partial charge on any atom is 0.261 e. The molecular weight excluding hydrogens is 714 g/mol. The summed E-state index contributed by atoms with van der Waals surface area (Å²) in [4.78, 5) is 56.3. The number of benzene rings is 4. The number of phenolic OH excluding ortho intramolecular Hbond substituents is 2. The number of nitrogens with zero attached hydrogens (tertiary/aromatic N) is 4. The maximum atomic E-state index is 13.4. The van der Waals surface area contributed by atoms with E-state index in [1.54, 1.807) is 36.4 Å². The highest BCUT2D eigenvalue weighted by Crippen LogP contribution is 2.40. The van der Waals surface area contributed by atoms with Crippen molar-refractivity contribution in [3.63, 3.8) is 0 Å². The highest BCUT2D eigenvalue weighted by molar-refractivity contribution is 8.93. The van der Waals surface area contributed by atoms with Crippen LogP contribution in [0.15, 0.2) is 48.5 Å². The van der Waals surface area contributed by atoms with Crippen molar-refractivity contribution in [3.05, 3.63) is 81.9 Å². The number of phenols is 2. The molecule has 2 aliphatic heterocycles. The lowest BCUT2D eigenvalue weighted by atomic mass is 9.99. The standard InChI is InChI=1S/C39H37N5O6.BrH/c1-20-32-28(18-26-24-16-22(45)8-10-30(24)41(3)34(20)26)36(47)43(38(32)49)14-6-5-12-40-13-7-15-44-37(48)29-19-27-25-17-23(46)9-11-31(25)42(4)35(27)21(2)33(29)39(44)50;/h8-11,16-19,40,45-46H,5-7,12-15H2,1-4H3;1H. The Morgan fingerprint density at radius 2 is 1.00 bits per heavy atom. The topological polar surface area (TPSA) is 137 Å². The number of fused-ring (bicyclic) bond motifs is 8. The molecule has 2 aromatic heterocycles. The Kier molecular flexibility index (Phi) is 8.42. The van der Waals surface area contributed by atoms with E-state index in [1.165, 1.54) is 9.80 Å². The minimum Gasteiger partial charge on any atom is -0.508 e. The van der Waals surface area contributed by atoms with Crippen LogP contribution in [0.4, 0.5) is 0 Å². The minimum absolute atomic E-state index is 0. The third-order valence-corrected chi connectivity index (χ3v) is 10.6. The molecule has 0 atom stereocenters. The quantitative estimate of drug-likeness (QED) is 0.118. The molecule has 0 saturated carbocycles. The summed E-state index contributed by atoms with van der Waals surface area (Å²) in [5.41, 5.74) is 6.76. The summed E-state index contributed by atoms with van der Waals surface area (Å²) in [6.45, 7) is 5.60. The summed E-state index contributed by atoms with van der Waals surface area (Å²) in [5, 5.41) is 26.9. The van der Waals surface area contributed by atoms with Gasteiger partial charge in [-0.05, 0) is 106 Å². The molecule has 0 saturated heterocycles. The van der Waals surface area contributed by atoms with E-state index >= 15 is 0 Å². The summed E-state index contributed by atoms with van der Waals surface area (Å²) < 4.78 is 3.99. The van der Waals surface area contributed by atoms with E-state index < -0.39 is 0 Å². The lowest BCUT2D eigenvalue weighted by molar-refractivity contribution is 0.0635. The number of hydrogen-bond acceptors (Lipinski definition) is 7. The first kappa shape index (κ1) is 34.3. The molecule has 0 radical (unpaired) electrons. The third kappa shape index (κ3) is 5.02. The molecule has 4 heterocycles. The molecule has 12 heteroatoms. The molecule has 0 spiro atoms. The number of unbranched alkanes of at least 4 members (excludes halogenated alkanes) is 1. The predicted octanol–water partition coefficient (Wildman–Crippen LogP) is 6.23. The van der Waals surface area contributed by atoms with Crippen molar-refractivity contribution in [1.82, 2.24) is 24.3 Å². The summed E-state index contributed by atoms with van der Waals surface area (Å²) in [7, 11) is 3.84. The van der Waals surface area contributed by atoms with E-state index in [0.717, 1.165) is 61.2 Å². The SMILES string of the molecule is Br.Cc1c2c(cc3c4cc(O)ccc4n(C)c13)C(=O)N(CCCCNCCCN1C(=O)c3cc4c5cc(O)ccc5n(C)c4c(C)c3C1=O)C2=O. The van der Waals surface area contributed by atoms with Gasteiger partial charge in [0.2, 0.25) is 0 Å². The smallest absolute Gasteiger partial charge is 0.261 e. The summed E-state index contributed by atoms with van der Waals surface area (Å²) in [6, 6.07) is 13.9. The second kappa shape index (κ2) is 12.5. The zero-order chi connectivity index (χ0) is 35.2. The predicted molar refractivity (Wildman–Crippen MR) is 201 cm³/mol. The Morgan fingerprint density at radius 3 is 1.47 bits per heavy atom. The first-order chi connectivity index (χ1) is 24.0. The Hall–Kier alpha value is -5.20. The molecule has 4 amide bonds. The van der Waals surface area contributed by atoms with Crippen molar-refractivity contribution in [2.24, 2.45) is 14.1 Å². The maximum absolute atomic E-state index is 13.4. The molecule has 3 N–H and O–H groups in total. The van der Waals surface area contributed by atoms with Gasteiger partial charge >= 0.3 is 0 Å². The molecule has 262 valence electrons. The number of aromatic nitrogens is 2. The molecule has 0 aliphatic carbocycles. The van der Waals surface area contributed by atoms with Crippen molar-refractivity contribution in [3.8, 4) is 11.5 Å². The first-order valence-electron chi connectivity index (χ1n) is 16.9. The van der Waals surface area contributed by atoms with Crippen LogP contribution >= 0.6 is 17.0 Å². The minimum atomic E-state index is -0.303. The second-order valence-corrected chi connectivity index (χ2v) is 13.5. The van der Waals surface area contributed by atoms with Crippen molar-refractivity contribution >= 4 is 84.2 Å². The van der Waals surface area contributed by atoms with Gasteiger partial charge in [0.1, 0.15) is 11.5 Å². The molecule has 0 fully saturated rings. The zero-order valence-electron chi connectivity index (χ0n) is 28.8. The Balaban J connectivity index is 0.00000406. The molecule has 6 aromatic rings. The summed E-state index contributed by atoms with van der Waals surface area (Å²) in [6.07, 6.45) is 1.95. The Bertz CT molecular complexity index is 2340. The van der Waals surface area contributed by atoms with E-state index in [4.69, 9.17) is 0 Å². The number of aryl methyl sites for hydroxylation is 4. The van der Waals surface area contributed by atoms with Gasteiger partial charge in [0.05, 0.1) is 33.3 Å². The molecule has 0 unspecified atom stereocenters. The molecule has 51 heavy (non-hydrogen) atoms. The van der Waals surface area contributed by atoms with Crippen molar-refractivity contribution in [1.29, 1.82) is 0 Å². The van der Waals surface area contributed by atoms with Crippen LogP contribution in [0.1, 0.15) is 71.8 Å². The van der Waals surface area contributed by atoms with Crippen molar-refractivity contribution in [2.45, 2.75) is 33.1 Å². The molecule has 0 bridgehead atoms. The van der Waals surface area contributed by atoms with Gasteiger partial charge in [-0.1, -0.05) is 0 Å². The van der Waals surface area contributed by atoms with Crippen molar-refractivity contribution < 1.29 is 29.4 Å². The number of carbonyl (C=O) groups is 4. The summed E-state index contributed by atoms with van der Waals surface area (Å²) in [5.74, 6) is -0.874. The summed E-state index contributed by atoms with van der Waals surface area (Å²) >= 11 is 0. The fraction of sp³-hybridized carbons (Fsp3) is 0.282. The first-order valence-corrected chi connectivity index (χ1v) is 16.9. The van der Waals surface area contributed by atoms with Crippen LogP contribution in [0.2, 0.25) is 0 Å². The number of amides is 4. The number of imide groups is 2. The van der Waals surface area contributed by atoms with Gasteiger partial charge in [0, 0.05) is 59.8 Å². The van der Waals surface area contributed by atoms with Crippen LogP contribution in [0.3, 0.4) is 0 Å². The van der Waals surface area contributed by atoms with E-state index in [9.17, 15) is 29.4 Å². The highest BCUT2D eigenvalue weighted by atomic mass is 79.9. The third-order valence-electron chi connectivity index (χ3n) is 10.6. The van der Waals surface area contributed by atoms with Gasteiger partial charge in [0.25, 0.3) is 23.6 Å². The fourth-order valence-electron chi connectivity index (χ4n) is 8.24. The monoisotopic (exact) mass is 751 g/mol. The van der Waals surface area contributed by atoms with Crippen LogP contribution in [0.5, 0.6) is 11.5 Å².